The van der Waals surface area contributed by atoms with Crippen molar-refractivity contribution in [3.63, 3.8) is 0 Å². The number of nitrogens with zero attached hydrogens (tertiary/aromatic N) is 1. The number of carbonyl (C=O) groups is 1. The lowest BCUT2D eigenvalue weighted by atomic mass is 10.0. The number of hydrogen-bond acceptors (Lipinski definition) is 4. The summed E-state index contributed by atoms with van der Waals surface area (Å²) in [6, 6.07) is 16.9. The number of carbonyl (C=O) groups excluding carboxylic acids is 1. The Labute approximate surface area is 134 Å². The van der Waals surface area contributed by atoms with Crippen LogP contribution in [0.1, 0.15) is 11.1 Å². The van der Waals surface area contributed by atoms with E-state index in [1.807, 2.05) is 54.6 Å². The van der Waals surface area contributed by atoms with Crippen LogP contribution in [-0.2, 0) is 9.63 Å². The van der Waals surface area contributed by atoms with E-state index in [0.29, 0.717) is 17.9 Å². The molecule has 0 radical (unpaired) electrons. The van der Waals surface area contributed by atoms with E-state index in [2.05, 4.69) is 11.7 Å². The number of hydrogen-bond donors (Lipinski definition) is 0. The molecule has 4 nitrogen and oxygen atoms in total. The van der Waals surface area contributed by atoms with Crippen molar-refractivity contribution in [2.24, 2.45) is 5.16 Å². The van der Waals surface area contributed by atoms with Crippen molar-refractivity contribution in [2.45, 2.75) is 0 Å². The number of oxime groups is 1. The highest BCUT2D eigenvalue weighted by atomic mass is 16.7. The van der Waals surface area contributed by atoms with Gasteiger partial charge in [0.2, 0.25) is 0 Å². The van der Waals surface area contributed by atoms with Gasteiger partial charge in [-0.05, 0) is 23.8 Å². The molecule has 0 unspecified atom stereocenters. The molecule has 0 atom stereocenters. The summed E-state index contributed by atoms with van der Waals surface area (Å²) in [6.07, 6.45) is 3.45. The highest BCUT2D eigenvalue weighted by Crippen LogP contribution is 2.21. The maximum atomic E-state index is 11.9. The summed E-state index contributed by atoms with van der Waals surface area (Å²) in [5.41, 5.74) is 2.70. The summed E-state index contributed by atoms with van der Waals surface area (Å²) in [5, 5.41) is 3.89. The number of benzene rings is 2. The molecule has 0 bridgehead atoms. The van der Waals surface area contributed by atoms with Gasteiger partial charge in [-0.1, -0.05) is 60.3 Å². The summed E-state index contributed by atoms with van der Waals surface area (Å²) in [5.74, 6) is 0.300. The lowest BCUT2D eigenvalue weighted by molar-refractivity contribution is -0.136. The van der Waals surface area contributed by atoms with E-state index in [1.54, 1.807) is 12.2 Å². The first-order chi connectivity index (χ1) is 11.3. The highest BCUT2D eigenvalue weighted by Gasteiger charge is 2.26. The van der Waals surface area contributed by atoms with Crippen molar-refractivity contribution in [3.05, 3.63) is 84.0 Å². The molecule has 1 aliphatic heterocycles. The van der Waals surface area contributed by atoms with Crippen LogP contribution in [-0.4, -0.2) is 18.3 Å². The maximum Gasteiger partial charge on any atom is 0.368 e. The fourth-order valence-corrected chi connectivity index (χ4v) is 2.20. The monoisotopic (exact) mass is 305 g/mol. The standard InChI is InChI=1S/C19H15NO3/c1-2-12-22-16-10-8-14(9-11-16)13-17-18(20-23-19(17)21)15-6-4-3-5-7-15/h2-11,13H,1,12H2/b17-13+. The van der Waals surface area contributed by atoms with Crippen LogP contribution in [0.3, 0.4) is 0 Å². The van der Waals surface area contributed by atoms with Gasteiger partial charge in [-0.3, -0.25) is 0 Å². The third-order valence-corrected chi connectivity index (χ3v) is 3.30. The van der Waals surface area contributed by atoms with E-state index in [9.17, 15) is 4.79 Å². The Morgan fingerprint density at radius 3 is 2.52 bits per heavy atom. The number of ether oxygens (including phenoxy) is 1. The van der Waals surface area contributed by atoms with E-state index >= 15 is 0 Å². The van der Waals surface area contributed by atoms with Crippen molar-refractivity contribution in [3.8, 4) is 5.75 Å². The first-order valence-corrected chi connectivity index (χ1v) is 7.18. The summed E-state index contributed by atoms with van der Waals surface area (Å²) < 4.78 is 5.44. The zero-order valence-electron chi connectivity index (χ0n) is 12.4. The SMILES string of the molecule is C=CCOc1ccc(/C=C2/C(=O)ON=C2c2ccccc2)cc1. The fourth-order valence-electron chi connectivity index (χ4n) is 2.20. The van der Waals surface area contributed by atoms with Crippen LogP contribution in [0.2, 0.25) is 0 Å². The van der Waals surface area contributed by atoms with Gasteiger partial charge in [0.25, 0.3) is 0 Å². The van der Waals surface area contributed by atoms with E-state index in [0.717, 1.165) is 16.9 Å². The predicted molar refractivity (Wildman–Crippen MR) is 89.2 cm³/mol. The average molecular weight is 305 g/mol. The topological polar surface area (TPSA) is 47.9 Å². The van der Waals surface area contributed by atoms with E-state index in [1.165, 1.54) is 0 Å². The predicted octanol–water partition coefficient (Wildman–Crippen LogP) is 3.60. The van der Waals surface area contributed by atoms with E-state index in [4.69, 9.17) is 9.57 Å². The van der Waals surface area contributed by atoms with Crippen LogP contribution in [0.15, 0.2) is 78.0 Å². The molecule has 1 heterocycles. The first kappa shape index (κ1) is 14.8. The Morgan fingerprint density at radius 1 is 1.09 bits per heavy atom. The molecular weight excluding hydrogens is 290 g/mol. The molecule has 4 heteroatoms. The fraction of sp³-hybridized carbons (Fsp3) is 0.0526. The zero-order chi connectivity index (χ0) is 16.1. The highest BCUT2D eigenvalue weighted by molar-refractivity contribution is 6.31. The lowest BCUT2D eigenvalue weighted by Gasteiger charge is -2.04. The minimum absolute atomic E-state index is 0.441. The van der Waals surface area contributed by atoms with Crippen LogP contribution >= 0.6 is 0 Å². The molecular formula is C19H15NO3. The second kappa shape index (κ2) is 6.75. The van der Waals surface area contributed by atoms with Gasteiger partial charge in [0.15, 0.2) is 0 Å². The Bertz CT molecular complexity index is 774. The quantitative estimate of drug-likeness (QED) is 0.482. The molecule has 23 heavy (non-hydrogen) atoms. The number of rotatable bonds is 5. The smallest absolute Gasteiger partial charge is 0.368 e. The third-order valence-electron chi connectivity index (χ3n) is 3.30. The Kier molecular flexibility index (Phi) is 4.34. The van der Waals surface area contributed by atoms with Gasteiger partial charge in [0.05, 0.1) is 5.57 Å². The molecule has 0 fully saturated rings. The van der Waals surface area contributed by atoms with Gasteiger partial charge in [0, 0.05) is 5.56 Å². The van der Waals surface area contributed by atoms with Gasteiger partial charge < -0.3 is 9.57 Å². The average Bonchev–Trinajstić information content (AvgIpc) is 2.96. The molecule has 0 spiro atoms. The summed E-state index contributed by atoms with van der Waals surface area (Å²) >= 11 is 0. The Balaban J connectivity index is 1.86. The summed E-state index contributed by atoms with van der Waals surface area (Å²) in [4.78, 5) is 16.8. The third kappa shape index (κ3) is 3.37. The van der Waals surface area contributed by atoms with Crippen molar-refractivity contribution in [1.82, 2.24) is 0 Å². The molecule has 114 valence electrons. The molecule has 2 aromatic rings. The van der Waals surface area contributed by atoms with Crippen molar-refractivity contribution in [2.75, 3.05) is 6.61 Å². The van der Waals surface area contributed by atoms with Crippen molar-refractivity contribution < 1.29 is 14.4 Å². The van der Waals surface area contributed by atoms with E-state index < -0.39 is 5.97 Å². The maximum absolute atomic E-state index is 11.9. The van der Waals surface area contributed by atoms with Crippen LogP contribution in [0.5, 0.6) is 5.75 Å². The Morgan fingerprint density at radius 2 is 1.83 bits per heavy atom. The molecule has 0 aliphatic carbocycles. The lowest BCUT2D eigenvalue weighted by Crippen LogP contribution is -2.06. The molecule has 0 aromatic heterocycles. The Hall–Kier alpha value is -3.14. The molecule has 0 saturated heterocycles. The van der Waals surface area contributed by atoms with Crippen LogP contribution in [0.4, 0.5) is 0 Å². The normalized spacial score (nSPS) is 15.2. The second-order valence-corrected chi connectivity index (χ2v) is 4.91. The largest absolute Gasteiger partial charge is 0.490 e. The summed E-state index contributed by atoms with van der Waals surface area (Å²) in [7, 11) is 0. The second-order valence-electron chi connectivity index (χ2n) is 4.91. The van der Waals surface area contributed by atoms with Gasteiger partial charge >= 0.3 is 5.97 Å². The zero-order valence-corrected chi connectivity index (χ0v) is 12.4. The van der Waals surface area contributed by atoms with Crippen LogP contribution in [0, 0.1) is 0 Å². The first-order valence-electron chi connectivity index (χ1n) is 7.18. The van der Waals surface area contributed by atoms with Gasteiger partial charge in [-0.15, -0.1) is 0 Å². The molecule has 0 N–H and O–H groups in total. The van der Waals surface area contributed by atoms with Gasteiger partial charge in [-0.2, -0.15) is 0 Å². The molecule has 0 saturated carbocycles. The van der Waals surface area contributed by atoms with Crippen molar-refractivity contribution >= 4 is 17.8 Å². The minimum atomic E-state index is -0.448. The van der Waals surface area contributed by atoms with Crippen molar-refractivity contribution in [1.29, 1.82) is 0 Å². The minimum Gasteiger partial charge on any atom is -0.490 e. The van der Waals surface area contributed by atoms with Crippen LogP contribution in [0.25, 0.3) is 6.08 Å². The molecule has 1 aliphatic rings. The molecule has 2 aromatic carbocycles. The van der Waals surface area contributed by atoms with Gasteiger partial charge in [0.1, 0.15) is 18.1 Å². The summed E-state index contributed by atoms with van der Waals surface area (Å²) in [6.45, 7) is 4.06. The van der Waals surface area contributed by atoms with E-state index in [-0.39, 0.29) is 0 Å². The molecule has 3 rings (SSSR count). The molecule has 0 amide bonds. The van der Waals surface area contributed by atoms with Gasteiger partial charge in [-0.25, -0.2) is 4.79 Å². The van der Waals surface area contributed by atoms with Crippen LogP contribution < -0.4 is 4.74 Å².